The minimum Gasteiger partial charge on any atom is -0.291 e. The highest BCUT2D eigenvalue weighted by Gasteiger charge is 2.20. The van der Waals surface area contributed by atoms with Crippen LogP contribution in [0.5, 0.6) is 0 Å². The number of nitrogens with one attached hydrogen (secondary N) is 2. The molecule has 3 aromatic rings. The highest BCUT2D eigenvalue weighted by atomic mass is 35.5. The summed E-state index contributed by atoms with van der Waals surface area (Å²) in [5.41, 5.74) is 1.82. The van der Waals surface area contributed by atoms with Crippen LogP contribution in [0.25, 0.3) is 5.78 Å². The van der Waals surface area contributed by atoms with Crippen molar-refractivity contribution in [3.05, 3.63) is 56.5 Å². The molecule has 0 unspecified atom stereocenters. The zero-order valence-corrected chi connectivity index (χ0v) is 12.7. The molecule has 1 aliphatic carbocycles. The molecule has 0 saturated heterocycles. The Morgan fingerprint density at radius 1 is 1.22 bits per heavy atom. The standard InChI is InChI=1S/C15H12ClN5O2/c16-9-6-4-8(5-7-9)12(22)18-14-19-15-17-11-3-1-2-10(11)13(23)21(15)20-14/h4-7H,1-3H2,(H2,17,18,19,20,22). The third-order valence-electron chi connectivity index (χ3n) is 3.85. The SMILES string of the molecule is O=C(Nc1nc2nc3c(c(=O)n2[nH]1)CCC3)c1ccc(Cl)cc1. The minimum atomic E-state index is -0.346. The van der Waals surface area contributed by atoms with Gasteiger partial charge in [-0.1, -0.05) is 11.6 Å². The molecule has 0 radical (unpaired) electrons. The van der Waals surface area contributed by atoms with Gasteiger partial charge < -0.3 is 0 Å². The summed E-state index contributed by atoms with van der Waals surface area (Å²) in [7, 11) is 0. The zero-order valence-electron chi connectivity index (χ0n) is 12.0. The second kappa shape index (κ2) is 5.20. The van der Waals surface area contributed by atoms with E-state index in [2.05, 4.69) is 20.4 Å². The van der Waals surface area contributed by atoms with Gasteiger partial charge in [0.25, 0.3) is 17.2 Å². The molecule has 0 saturated carbocycles. The first-order chi connectivity index (χ1) is 11.1. The lowest BCUT2D eigenvalue weighted by molar-refractivity contribution is 0.102. The second-order valence-electron chi connectivity index (χ2n) is 5.36. The lowest BCUT2D eigenvalue weighted by Crippen LogP contribution is -2.20. The fourth-order valence-electron chi connectivity index (χ4n) is 2.72. The van der Waals surface area contributed by atoms with Crippen LogP contribution >= 0.6 is 11.6 Å². The number of anilines is 1. The van der Waals surface area contributed by atoms with Crippen LogP contribution in [-0.2, 0) is 12.8 Å². The van der Waals surface area contributed by atoms with Crippen molar-refractivity contribution in [3.63, 3.8) is 0 Å². The van der Waals surface area contributed by atoms with E-state index in [9.17, 15) is 9.59 Å². The van der Waals surface area contributed by atoms with E-state index >= 15 is 0 Å². The Morgan fingerprint density at radius 2 is 2.00 bits per heavy atom. The Morgan fingerprint density at radius 3 is 2.78 bits per heavy atom. The molecule has 0 fully saturated rings. The molecule has 0 bridgehead atoms. The van der Waals surface area contributed by atoms with E-state index < -0.39 is 0 Å². The molecule has 23 heavy (non-hydrogen) atoms. The summed E-state index contributed by atoms with van der Waals surface area (Å²) >= 11 is 5.80. The number of hydrogen-bond donors (Lipinski definition) is 2. The van der Waals surface area contributed by atoms with Crippen LogP contribution in [0.4, 0.5) is 5.95 Å². The normalized spacial score (nSPS) is 13.3. The van der Waals surface area contributed by atoms with Crippen molar-refractivity contribution in [2.45, 2.75) is 19.3 Å². The molecule has 0 spiro atoms. The molecular formula is C15H12ClN5O2. The van der Waals surface area contributed by atoms with Gasteiger partial charge in [0.05, 0.1) is 5.69 Å². The van der Waals surface area contributed by atoms with Crippen molar-refractivity contribution in [3.8, 4) is 0 Å². The number of aromatic nitrogens is 4. The third kappa shape index (κ3) is 2.39. The molecule has 8 heteroatoms. The first-order valence-electron chi connectivity index (χ1n) is 7.19. The van der Waals surface area contributed by atoms with E-state index in [0.717, 1.165) is 30.5 Å². The van der Waals surface area contributed by atoms with Crippen LogP contribution in [0.15, 0.2) is 29.1 Å². The van der Waals surface area contributed by atoms with Crippen LogP contribution in [0.2, 0.25) is 5.02 Å². The Balaban J connectivity index is 1.67. The maximum absolute atomic E-state index is 12.4. The number of carbonyl (C=O) groups excluding carboxylic acids is 1. The van der Waals surface area contributed by atoms with Gasteiger partial charge in [0.15, 0.2) is 0 Å². The van der Waals surface area contributed by atoms with Crippen molar-refractivity contribution >= 4 is 29.2 Å². The van der Waals surface area contributed by atoms with Gasteiger partial charge in [0.2, 0.25) is 5.95 Å². The number of aromatic amines is 1. The van der Waals surface area contributed by atoms with Gasteiger partial charge >= 0.3 is 0 Å². The van der Waals surface area contributed by atoms with Crippen LogP contribution in [0, 0.1) is 0 Å². The van der Waals surface area contributed by atoms with Gasteiger partial charge in [-0.25, -0.2) is 4.98 Å². The first kappa shape index (κ1) is 14.0. The molecule has 1 aliphatic rings. The maximum atomic E-state index is 12.4. The Labute approximate surface area is 135 Å². The number of H-pyrrole nitrogens is 1. The van der Waals surface area contributed by atoms with Gasteiger partial charge in [-0.15, -0.1) is 0 Å². The van der Waals surface area contributed by atoms with Crippen molar-refractivity contribution in [1.29, 1.82) is 0 Å². The van der Waals surface area contributed by atoms with Crippen molar-refractivity contribution in [2.75, 3.05) is 5.32 Å². The minimum absolute atomic E-state index is 0.151. The average Bonchev–Trinajstić information content (AvgIpc) is 3.15. The molecule has 4 rings (SSSR count). The summed E-state index contributed by atoms with van der Waals surface area (Å²) in [5.74, 6) is 0.0987. The Kier molecular flexibility index (Phi) is 3.16. The Hall–Kier alpha value is -2.67. The summed E-state index contributed by atoms with van der Waals surface area (Å²) < 4.78 is 1.27. The number of amides is 1. The molecule has 116 valence electrons. The molecule has 2 heterocycles. The molecule has 7 nitrogen and oxygen atoms in total. The quantitative estimate of drug-likeness (QED) is 0.750. The van der Waals surface area contributed by atoms with Crippen LogP contribution in [0.3, 0.4) is 0 Å². The number of benzene rings is 1. The number of rotatable bonds is 2. The van der Waals surface area contributed by atoms with E-state index in [0.29, 0.717) is 10.6 Å². The third-order valence-corrected chi connectivity index (χ3v) is 4.10. The largest absolute Gasteiger partial charge is 0.291 e. The van der Waals surface area contributed by atoms with Gasteiger partial charge in [-0.3, -0.25) is 20.0 Å². The number of nitrogens with zero attached hydrogens (tertiary/aromatic N) is 3. The lowest BCUT2D eigenvalue weighted by Gasteiger charge is -2.01. The Bertz CT molecular complexity index is 974. The number of hydrogen-bond acceptors (Lipinski definition) is 4. The molecule has 1 aromatic carbocycles. The highest BCUT2D eigenvalue weighted by molar-refractivity contribution is 6.30. The fourth-order valence-corrected chi connectivity index (χ4v) is 2.85. The molecule has 2 aromatic heterocycles. The van der Waals surface area contributed by atoms with Crippen LogP contribution in [0.1, 0.15) is 28.0 Å². The number of halogens is 1. The predicted molar refractivity (Wildman–Crippen MR) is 85.0 cm³/mol. The van der Waals surface area contributed by atoms with E-state index in [1.165, 1.54) is 4.52 Å². The van der Waals surface area contributed by atoms with Gasteiger partial charge in [0, 0.05) is 16.1 Å². The summed E-state index contributed by atoms with van der Waals surface area (Å²) in [6, 6.07) is 6.48. The van der Waals surface area contributed by atoms with Crippen molar-refractivity contribution in [1.82, 2.24) is 19.6 Å². The van der Waals surface area contributed by atoms with Gasteiger partial charge in [-0.2, -0.15) is 9.50 Å². The summed E-state index contributed by atoms with van der Waals surface area (Å²) in [6.45, 7) is 0. The van der Waals surface area contributed by atoms with E-state index in [1.54, 1.807) is 24.3 Å². The highest BCUT2D eigenvalue weighted by Crippen LogP contribution is 2.17. The van der Waals surface area contributed by atoms with Crippen LogP contribution in [-0.4, -0.2) is 25.5 Å². The second-order valence-corrected chi connectivity index (χ2v) is 5.80. The van der Waals surface area contributed by atoms with E-state index in [1.807, 2.05) is 0 Å². The van der Waals surface area contributed by atoms with Gasteiger partial charge in [-0.05, 0) is 43.5 Å². The maximum Gasteiger partial charge on any atom is 0.277 e. The van der Waals surface area contributed by atoms with Gasteiger partial charge in [0.1, 0.15) is 0 Å². The molecule has 0 atom stereocenters. The van der Waals surface area contributed by atoms with E-state index in [4.69, 9.17) is 11.6 Å². The number of aryl methyl sites for hydroxylation is 1. The molecule has 1 amide bonds. The number of fused-ring (bicyclic) bond motifs is 2. The first-order valence-corrected chi connectivity index (χ1v) is 7.57. The van der Waals surface area contributed by atoms with E-state index in [-0.39, 0.29) is 23.2 Å². The summed E-state index contributed by atoms with van der Waals surface area (Å²) in [4.78, 5) is 33.1. The topological polar surface area (TPSA) is 92.2 Å². The summed E-state index contributed by atoms with van der Waals surface area (Å²) in [5, 5.41) is 5.95. The predicted octanol–water partition coefficient (Wildman–Crippen LogP) is 1.81. The number of carbonyl (C=O) groups is 1. The average molecular weight is 330 g/mol. The lowest BCUT2D eigenvalue weighted by atomic mass is 10.2. The van der Waals surface area contributed by atoms with Crippen molar-refractivity contribution in [2.24, 2.45) is 0 Å². The molecular weight excluding hydrogens is 318 g/mol. The smallest absolute Gasteiger partial charge is 0.277 e. The van der Waals surface area contributed by atoms with Crippen molar-refractivity contribution < 1.29 is 4.79 Å². The monoisotopic (exact) mass is 329 g/mol. The molecule has 2 N–H and O–H groups in total. The molecule has 0 aliphatic heterocycles. The zero-order chi connectivity index (χ0) is 16.0. The fraction of sp³-hybridized carbons (Fsp3) is 0.200. The summed E-state index contributed by atoms with van der Waals surface area (Å²) in [6.07, 6.45) is 2.46. The van der Waals surface area contributed by atoms with Crippen LogP contribution < -0.4 is 10.9 Å².